The molecule has 0 radical (unpaired) electrons. The number of rotatable bonds is 0. The van der Waals surface area contributed by atoms with E-state index < -0.39 is 0 Å². The van der Waals surface area contributed by atoms with E-state index in [1.165, 1.54) is 12.8 Å². The molecule has 1 fully saturated rings. The Labute approximate surface area is 58.8 Å². The Morgan fingerprint density at radius 2 is 2.33 bits per heavy atom. The van der Waals surface area contributed by atoms with Crippen molar-refractivity contribution in [2.24, 2.45) is 11.1 Å². The second-order valence-electron chi connectivity index (χ2n) is 1.99. The molecule has 0 unspecified atom stereocenters. The Morgan fingerprint density at radius 3 is 2.78 bits per heavy atom. The molecule has 48 valence electrons. The lowest BCUT2D eigenvalue weighted by molar-refractivity contribution is 1.18. The van der Waals surface area contributed by atoms with E-state index in [0.717, 1.165) is 11.9 Å². The van der Waals surface area contributed by atoms with Crippen LogP contribution in [-0.4, -0.2) is 5.04 Å². The summed E-state index contributed by atoms with van der Waals surface area (Å²) in [4.78, 5) is 0. The average molecular weight is 140 g/mol. The molecule has 0 atom stereocenters. The van der Waals surface area contributed by atoms with Gasteiger partial charge in [-0.05, 0) is 30.7 Å². The van der Waals surface area contributed by atoms with Gasteiger partial charge in [0, 0.05) is 5.92 Å². The Hall–Kier alpha value is -0.460. The molecule has 0 saturated heterocycles. The van der Waals surface area contributed by atoms with E-state index in [2.05, 4.69) is 11.8 Å². The van der Waals surface area contributed by atoms with E-state index in [4.69, 9.17) is 10.5 Å². The minimum Gasteiger partial charge on any atom is -0.285 e. The van der Waals surface area contributed by atoms with Gasteiger partial charge in [-0.15, -0.1) is 0 Å². The van der Waals surface area contributed by atoms with Gasteiger partial charge in [0.2, 0.25) is 0 Å². The normalized spacial score (nSPS) is 16.1. The largest absolute Gasteiger partial charge is 0.285 e. The third kappa shape index (κ3) is 2.54. The maximum atomic E-state index is 7.02. The molecule has 0 amide bonds. The van der Waals surface area contributed by atoms with E-state index >= 15 is 0 Å². The molecule has 0 aromatic carbocycles. The quantitative estimate of drug-likeness (QED) is 0.228. The Morgan fingerprint density at radius 1 is 1.67 bits per heavy atom. The van der Waals surface area contributed by atoms with Crippen molar-refractivity contribution in [1.29, 1.82) is 5.41 Å². The third-order valence-corrected chi connectivity index (χ3v) is 1.42. The zero-order valence-corrected chi connectivity index (χ0v) is 5.79. The van der Waals surface area contributed by atoms with Crippen molar-refractivity contribution in [3.05, 3.63) is 0 Å². The molecule has 3 N–H and O–H groups in total. The molecule has 0 heterocycles. The van der Waals surface area contributed by atoms with Gasteiger partial charge in [-0.3, -0.25) is 10.5 Å². The fraction of sp³-hybridized carbons (Fsp3) is 0.500. The molecule has 1 rings (SSSR count). The van der Waals surface area contributed by atoms with Crippen molar-refractivity contribution in [1.82, 2.24) is 0 Å². The first-order valence-electron chi connectivity index (χ1n) is 2.79. The summed E-state index contributed by atoms with van der Waals surface area (Å²) in [5, 5.41) is 12.4. The molecular weight excluding hydrogens is 132 g/mol. The zero-order valence-electron chi connectivity index (χ0n) is 4.98. The van der Waals surface area contributed by atoms with Gasteiger partial charge in [0.25, 0.3) is 0 Å². The van der Waals surface area contributed by atoms with Crippen LogP contribution in [0.3, 0.4) is 0 Å². The number of hydrogen-bond acceptors (Lipinski definition) is 3. The molecule has 9 heavy (non-hydrogen) atoms. The lowest BCUT2D eigenvalue weighted by Crippen LogP contribution is -1.89. The van der Waals surface area contributed by atoms with Crippen LogP contribution in [0.2, 0.25) is 0 Å². The molecule has 0 aromatic heterocycles. The number of nitrogens with two attached hydrogens (primary N) is 1. The molecule has 3 heteroatoms. The van der Waals surface area contributed by atoms with E-state index in [-0.39, 0.29) is 5.04 Å². The van der Waals surface area contributed by atoms with Crippen LogP contribution in [0.5, 0.6) is 0 Å². The molecule has 0 aromatic rings. The van der Waals surface area contributed by atoms with Crippen LogP contribution in [0.1, 0.15) is 12.8 Å². The van der Waals surface area contributed by atoms with Crippen LogP contribution in [-0.2, 0) is 0 Å². The van der Waals surface area contributed by atoms with Gasteiger partial charge in [0.05, 0.1) is 0 Å². The second-order valence-corrected chi connectivity index (χ2v) is 2.63. The lowest BCUT2D eigenvalue weighted by atomic mass is 10.4. The van der Waals surface area contributed by atoms with Crippen molar-refractivity contribution in [3.8, 4) is 11.8 Å². The van der Waals surface area contributed by atoms with Gasteiger partial charge >= 0.3 is 0 Å². The van der Waals surface area contributed by atoms with E-state index in [0.29, 0.717) is 5.92 Å². The summed E-state index contributed by atoms with van der Waals surface area (Å²) >= 11 is 0.904. The highest BCUT2D eigenvalue weighted by atomic mass is 32.2. The van der Waals surface area contributed by atoms with Gasteiger partial charge < -0.3 is 0 Å². The first-order valence-corrected chi connectivity index (χ1v) is 3.67. The van der Waals surface area contributed by atoms with Crippen molar-refractivity contribution in [3.63, 3.8) is 0 Å². The molecular formula is C6H8N2S. The van der Waals surface area contributed by atoms with Gasteiger partial charge in [-0.2, -0.15) is 0 Å². The van der Waals surface area contributed by atoms with Gasteiger partial charge in [-0.25, -0.2) is 0 Å². The summed E-state index contributed by atoms with van der Waals surface area (Å²) in [7, 11) is 0. The van der Waals surface area contributed by atoms with Crippen molar-refractivity contribution < 1.29 is 0 Å². The monoisotopic (exact) mass is 140 g/mol. The van der Waals surface area contributed by atoms with Crippen molar-refractivity contribution in [2.75, 3.05) is 0 Å². The molecule has 1 aliphatic carbocycles. The minimum atomic E-state index is 0.266. The average Bonchev–Trinajstić information content (AvgIpc) is 2.65. The molecule has 0 spiro atoms. The van der Waals surface area contributed by atoms with Crippen molar-refractivity contribution in [2.45, 2.75) is 12.8 Å². The first kappa shape index (κ1) is 6.66. The fourth-order valence-corrected chi connectivity index (χ4v) is 0.543. The van der Waals surface area contributed by atoms with Gasteiger partial charge in [0.15, 0.2) is 5.04 Å². The van der Waals surface area contributed by atoms with Crippen molar-refractivity contribution >= 4 is 17.0 Å². The zero-order chi connectivity index (χ0) is 6.69. The topological polar surface area (TPSA) is 49.9 Å². The maximum Gasteiger partial charge on any atom is 0.153 e. The van der Waals surface area contributed by atoms with Crippen LogP contribution in [0, 0.1) is 23.2 Å². The summed E-state index contributed by atoms with van der Waals surface area (Å²) < 4.78 is 0. The number of hydrogen-bond donors (Lipinski definition) is 2. The summed E-state index contributed by atoms with van der Waals surface area (Å²) in [6.45, 7) is 0. The van der Waals surface area contributed by atoms with Gasteiger partial charge in [0.1, 0.15) is 0 Å². The molecule has 1 aliphatic rings. The Bertz CT molecular complexity index is 173. The standard InChI is InChI=1S/C6H8N2S/c7-6(9-8)4-3-5-1-2-5/h5,7H,1-2,8H2. The molecule has 0 aliphatic heterocycles. The van der Waals surface area contributed by atoms with Crippen LogP contribution in [0.15, 0.2) is 0 Å². The summed E-state index contributed by atoms with van der Waals surface area (Å²) in [5.74, 6) is 6.16. The Balaban J connectivity index is 2.30. The summed E-state index contributed by atoms with van der Waals surface area (Å²) in [5.41, 5.74) is 0. The van der Waals surface area contributed by atoms with Crippen LogP contribution in [0.4, 0.5) is 0 Å². The molecule has 1 saturated carbocycles. The summed E-state index contributed by atoms with van der Waals surface area (Å²) in [6.07, 6.45) is 2.41. The highest BCUT2D eigenvalue weighted by Crippen LogP contribution is 2.27. The minimum absolute atomic E-state index is 0.266. The second kappa shape index (κ2) is 2.90. The predicted octanol–water partition coefficient (Wildman–Crippen LogP) is 0.984. The highest BCUT2D eigenvalue weighted by molar-refractivity contribution is 8.12. The lowest BCUT2D eigenvalue weighted by Gasteiger charge is -1.80. The first-order chi connectivity index (χ1) is 4.33. The van der Waals surface area contributed by atoms with E-state index in [1.807, 2.05) is 0 Å². The third-order valence-electron chi connectivity index (χ3n) is 1.09. The van der Waals surface area contributed by atoms with Gasteiger partial charge in [-0.1, -0.05) is 5.92 Å². The molecule has 0 bridgehead atoms. The van der Waals surface area contributed by atoms with Crippen LogP contribution >= 0.6 is 11.9 Å². The fourth-order valence-electron chi connectivity index (χ4n) is 0.425. The van der Waals surface area contributed by atoms with Crippen LogP contribution in [0.25, 0.3) is 0 Å². The van der Waals surface area contributed by atoms with E-state index in [9.17, 15) is 0 Å². The summed E-state index contributed by atoms with van der Waals surface area (Å²) in [6, 6.07) is 0. The smallest absolute Gasteiger partial charge is 0.153 e. The Kier molecular flexibility index (Phi) is 2.15. The predicted molar refractivity (Wildman–Crippen MR) is 40.0 cm³/mol. The number of nitrogens with one attached hydrogen (secondary N) is 1. The maximum absolute atomic E-state index is 7.02. The highest BCUT2D eigenvalue weighted by Gasteiger charge is 2.17. The van der Waals surface area contributed by atoms with E-state index in [1.54, 1.807) is 0 Å². The molecule has 2 nitrogen and oxygen atoms in total. The van der Waals surface area contributed by atoms with Crippen LogP contribution < -0.4 is 5.14 Å². The SMILES string of the molecule is N=C(C#CC1CC1)SN.